The van der Waals surface area contributed by atoms with Gasteiger partial charge in [0, 0.05) is 19.3 Å². The van der Waals surface area contributed by atoms with Crippen molar-refractivity contribution in [1.29, 1.82) is 0 Å². The average Bonchev–Trinajstić information content (AvgIpc) is 3.18. The van der Waals surface area contributed by atoms with E-state index in [9.17, 15) is 0 Å². The van der Waals surface area contributed by atoms with E-state index in [0.717, 1.165) is 36.4 Å². The van der Waals surface area contributed by atoms with E-state index in [1.54, 1.807) is 19.0 Å². The molecule has 0 amide bonds. The Kier molecular flexibility index (Phi) is 2.23. The molecule has 7 heteroatoms. The number of hydrogen-bond acceptors (Lipinski definition) is 5. The van der Waals surface area contributed by atoms with Crippen LogP contribution in [0.2, 0.25) is 0 Å². The summed E-state index contributed by atoms with van der Waals surface area (Å²) in [6.45, 7) is 1.88. The quantitative estimate of drug-likeness (QED) is 0.739. The van der Waals surface area contributed by atoms with Gasteiger partial charge in [0.05, 0.1) is 11.4 Å². The summed E-state index contributed by atoms with van der Waals surface area (Å²) in [5.74, 6) is 0.994. The highest BCUT2D eigenvalue weighted by Gasteiger charge is 2.26. The van der Waals surface area contributed by atoms with Crippen molar-refractivity contribution in [1.82, 2.24) is 29.7 Å². The van der Waals surface area contributed by atoms with Gasteiger partial charge in [0.2, 0.25) is 0 Å². The zero-order chi connectivity index (χ0) is 12.7. The van der Waals surface area contributed by atoms with E-state index >= 15 is 0 Å². The van der Waals surface area contributed by atoms with Crippen LogP contribution < -0.4 is 4.90 Å². The number of aromatic amines is 1. The number of aromatic nitrogens is 6. The van der Waals surface area contributed by atoms with Crippen molar-refractivity contribution in [3.63, 3.8) is 0 Å². The van der Waals surface area contributed by atoms with E-state index in [-0.39, 0.29) is 0 Å². The molecule has 0 bridgehead atoms. The SMILES string of the molecule is c1nc(N2CCC(n3cncn3)C2)c2cc[nH]c2n1. The monoisotopic (exact) mass is 255 g/mol. The molecule has 4 rings (SSSR count). The van der Waals surface area contributed by atoms with E-state index in [1.807, 2.05) is 16.9 Å². The summed E-state index contributed by atoms with van der Waals surface area (Å²) < 4.78 is 1.93. The minimum absolute atomic E-state index is 0.367. The highest BCUT2D eigenvalue weighted by atomic mass is 15.4. The van der Waals surface area contributed by atoms with E-state index in [2.05, 4.69) is 29.9 Å². The van der Waals surface area contributed by atoms with Crippen LogP contribution in [0.15, 0.2) is 31.2 Å². The highest BCUT2D eigenvalue weighted by Crippen LogP contribution is 2.29. The van der Waals surface area contributed by atoms with Crippen LogP contribution in [0.25, 0.3) is 11.0 Å². The lowest BCUT2D eigenvalue weighted by atomic mass is 10.3. The van der Waals surface area contributed by atoms with Gasteiger partial charge in [-0.15, -0.1) is 0 Å². The Bertz CT molecular complexity index is 687. The van der Waals surface area contributed by atoms with E-state index in [1.165, 1.54) is 0 Å². The number of rotatable bonds is 2. The highest BCUT2D eigenvalue weighted by molar-refractivity contribution is 5.87. The zero-order valence-corrected chi connectivity index (χ0v) is 10.3. The summed E-state index contributed by atoms with van der Waals surface area (Å²) in [4.78, 5) is 18.1. The third kappa shape index (κ3) is 1.66. The van der Waals surface area contributed by atoms with Crippen molar-refractivity contribution in [3.05, 3.63) is 31.2 Å². The van der Waals surface area contributed by atoms with Gasteiger partial charge in [-0.3, -0.25) is 0 Å². The number of H-pyrrole nitrogens is 1. The van der Waals surface area contributed by atoms with Gasteiger partial charge in [0.1, 0.15) is 30.4 Å². The lowest BCUT2D eigenvalue weighted by molar-refractivity contribution is 0.493. The first-order chi connectivity index (χ1) is 9.42. The molecule has 1 saturated heterocycles. The molecule has 4 heterocycles. The van der Waals surface area contributed by atoms with Gasteiger partial charge in [-0.05, 0) is 12.5 Å². The summed E-state index contributed by atoms with van der Waals surface area (Å²) in [5, 5.41) is 5.29. The van der Waals surface area contributed by atoms with Crippen molar-refractivity contribution in [3.8, 4) is 0 Å². The molecule has 1 N–H and O–H groups in total. The molecule has 0 radical (unpaired) electrons. The first kappa shape index (κ1) is 10.5. The van der Waals surface area contributed by atoms with E-state index in [4.69, 9.17) is 0 Å². The molecule has 0 saturated carbocycles. The summed E-state index contributed by atoms with van der Waals surface area (Å²) in [6.07, 6.45) is 7.92. The summed E-state index contributed by atoms with van der Waals surface area (Å²) >= 11 is 0. The lowest BCUT2D eigenvalue weighted by Gasteiger charge is -2.17. The molecule has 0 aromatic carbocycles. The van der Waals surface area contributed by atoms with Gasteiger partial charge >= 0.3 is 0 Å². The maximum Gasteiger partial charge on any atom is 0.142 e. The standard InChI is InChI=1S/C12H13N7/c1-3-14-11-10(1)12(16-7-15-11)18-4-2-9(5-18)19-8-13-6-17-19/h1,3,6-9H,2,4-5H2,(H,14,15,16). The first-order valence-corrected chi connectivity index (χ1v) is 6.29. The van der Waals surface area contributed by atoms with Crippen LogP contribution in [-0.2, 0) is 0 Å². The van der Waals surface area contributed by atoms with Gasteiger partial charge in [0.15, 0.2) is 0 Å². The Morgan fingerprint density at radius 3 is 3.16 bits per heavy atom. The fourth-order valence-corrected chi connectivity index (χ4v) is 2.67. The Morgan fingerprint density at radius 1 is 1.26 bits per heavy atom. The van der Waals surface area contributed by atoms with Gasteiger partial charge in [0.25, 0.3) is 0 Å². The van der Waals surface area contributed by atoms with Gasteiger partial charge < -0.3 is 9.88 Å². The largest absolute Gasteiger partial charge is 0.354 e. The fourth-order valence-electron chi connectivity index (χ4n) is 2.67. The van der Waals surface area contributed by atoms with Gasteiger partial charge in [-0.25, -0.2) is 19.6 Å². The second kappa shape index (κ2) is 4.04. The van der Waals surface area contributed by atoms with Crippen molar-refractivity contribution >= 4 is 16.9 Å². The molecule has 19 heavy (non-hydrogen) atoms. The van der Waals surface area contributed by atoms with Crippen LogP contribution >= 0.6 is 0 Å². The number of anilines is 1. The lowest BCUT2D eigenvalue weighted by Crippen LogP contribution is -2.22. The van der Waals surface area contributed by atoms with E-state index < -0.39 is 0 Å². The molecule has 1 fully saturated rings. The Hall–Kier alpha value is -2.44. The van der Waals surface area contributed by atoms with Crippen LogP contribution in [0.3, 0.4) is 0 Å². The Balaban J connectivity index is 1.66. The first-order valence-electron chi connectivity index (χ1n) is 6.29. The van der Waals surface area contributed by atoms with Gasteiger partial charge in [-0.1, -0.05) is 0 Å². The maximum atomic E-state index is 4.43. The molecule has 3 aromatic rings. The smallest absolute Gasteiger partial charge is 0.142 e. The summed E-state index contributed by atoms with van der Waals surface area (Å²) in [5.41, 5.74) is 0.884. The molecular formula is C12H13N7. The molecule has 0 spiro atoms. The van der Waals surface area contributed by atoms with Crippen LogP contribution in [0.4, 0.5) is 5.82 Å². The number of nitrogens with zero attached hydrogens (tertiary/aromatic N) is 6. The topological polar surface area (TPSA) is 75.5 Å². The van der Waals surface area contributed by atoms with E-state index in [0.29, 0.717) is 6.04 Å². The van der Waals surface area contributed by atoms with Crippen molar-refractivity contribution in [2.45, 2.75) is 12.5 Å². The third-order valence-electron chi connectivity index (χ3n) is 3.61. The maximum absolute atomic E-state index is 4.43. The minimum Gasteiger partial charge on any atom is -0.354 e. The number of fused-ring (bicyclic) bond motifs is 1. The predicted octanol–water partition coefficient (Wildman–Crippen LogP) is 1.00. The summed E-state index contributed by atoms with van der Waals surface area (Å²) in [7, 11) is 0. The van der Waals surface area contributed by atoms with Crippen LogP contribution in [0, 0.1) is 0 Å². The van der Waals surface area contributed by atoms with Crippen molar-refractivity contribution < 1.29 is 0 Å². The minimum atomic E-state index is 0.367. The molecule has 1 aliphatic rings. The second-order valence-corrected chi connectivity index (χ2v) is 4.70. The normalized spacial score (nSPS) is 19.4. The second-order valence-electron chi connectivity index (χ2n) is 4.70. The van der Waals surface area contributed by atoms with Crippen LogP contribution in [0.5, 0.6) is 0 Å². The number of hydrogen-bond donors (Lipinski definition) is 1. The third-order valence-corrected chi connectivity index (χ3v) is 3.61. The van der Waals surface area contributed by atoms with Crippen LogP contribution in [-0.4, -0.2) is 42.8 Å². The Labute approximate surface area is 109 Å². The average molecular weight is 255 g/mol. The Morgan fingerprint density at radius 2 is 2.26 bits per heavy atom. The zero-order valence-electron chi connectivity index (χ0n) is 10.3. The molecule has 1 aliphatic heterocycles. The summed E-state index contributed by atoms with van der Waals surface area (Å²) in [6, 6.07) is 2.39. The molecule has 7 nitrogen and oxygen atoms in total. The fraction of sp³-hybridized carbons (Fsp3) is 0.333. The molecule has 1 unspecified atom stereocenters. The van der Waals surface area contributed by atoms with Gasteiger partial charge in [-0.2, -0.15) is 5.10 Å². The molecule has 1 atom stereocenters. The molecule has 3 aromatic heterocycles. The van der Waals surface area contributed by atoms with Crippen molar-refractivity contribution in [2.75, 3.05) is 18.0 Å². The number of nitrogens with one attached hydrogen (secondary N) is 1. The molecule has 0 aliphatic carbocycles. The predicted molar refractivity (Wildman–Crippen MR) is 69.8 cm³/mol. The van der Waals surface area contributed by atoms with Crippen LogP contribution in [0.1, 0.15) is 12.5 Å². The molecular weight excluding hydrogens is 242 g/mol. The molecule has 96 valence electrons. The van der Waals surface area contributed by atoms with Crippen molar-refractivity contribution in [2.24, 2.45) is 0 Å².